The van der Waals surface area contributed by atoms with Crippen molar-refractivity contribution in [2.24, 2.45) is 5.73 Å². The van der Waals surface area contributed by atoms with Crippen molar-refractivity contribution in [2.45, 2.75) is 23.2 Å². The predicted molar refractivity (Wildman–Crippen MR) is 76.6 cm³/mol. The molecule has 5 nitrogen and oxygen atoms in total. The Bertz CT molecular complexity index is 535. The van der Waals surface area contributed by atoms with Crippen LogP contribution in [-0.4, -0.2) is 21.8 Å². The molecule has 0 spiro atoms. The molecule has 0 aliphatic heterocycles. The maximum absolute atomic E-state index is 9.67. The second kappa shape index (κ2) is 7.04. The lowest BCUT2D eigenvalue weighted by molar-refractivity contribution is 0.127. The van der Waals surface area contributed by atoms with E-state index in [1.165, 1.54) is 0 Å². The smallest absolute Gasteiger partial charge is 0.255 e. The van der Waals surface area contributed by atoms with Gasteiger partial charge in [-0.3, -0.25) is 0 Å². The van der Waals surface area contributed by atoms with Crippen LogP contribution < -0.4 is 5.73 Å². The normalized spacial score (nSPS) is 12.6. The molecule has 1 atom stereocenters. The van der Waals surface area contributed by atoms with Gasteiger partial charge in [0, 0.05) is 9.37 Å². The molecule has 1 heterocycles. The van der Waals surface area contributed by atoms with E-state index in [0.29, 0.717) is 24.5 Å². The predicted octanol–water partition coefficient (Wildman–Crippen LogP) is 2.51. The molecule has 1 unspecified atom stereocenters. The molecule has 0 bridgehead atoms. The summed E-state index contributed by atoms with van der Waals surface area (Å²) < 4.78 is 6.04. The number of hydrogen-bond donors (Lipinski definition) is 2. The molecule has 102 valence electrons. The van der Waals surface area contributed by atoms with Crippen molar-refractivity contribution in [1.29, 1.82) is 0 Å². The van der Waals surface area contributed by atoms with Crippen molar-refractivity contribution in [2.75, 3.05) is 6.54 Å². The first kappa shape index (κ1) is 14.5. The third kappa shape index (κ3) is 4.04. The van der Waals surface area contributed by atoms with Crippen LogP contribution in [0.2, 0.25) is 0 Å². The fraction of sp³-hybridized carbons (Fsp3) is 0.333. The highest BCUT2D eigenvalue weighted by Gasteiger charge is 2.15. The Hall–Kier alpha value is -0.890. The van der Waals surface area contributed by atoms with Crippen molar-refractivity contribution in [3.63, 3.8) is 0 Å². The summed E-state index contributed by atoms with van der Waals surface area (Å²) in [5.74, 6) is 1.38. The molecule has 0 saturated carbocycles. The average Bonchev–Trinajstić information content (AvgIpc) is 2.87. The van der Waals surface area contributed by atoms with Crippen LogP contribution in [0.3, 0.4) is 0 Å². The second-order valence-electron chi connectivity index (χ2n) is 3.86. The first-order chi connectivity index (χ1) is 9.20. The topological polar surface area (TPSA) is 85.2 Å². The molecule has 0 amide bonds. The van der Waals surface area contributed by atoms with Gasteiger partial charge < -0.3 is 15.4 Å². The van der Waals surface area contributed by atoms with Crippen LogP contribution in [0.15, 0.2) is 38.2 Å². The number of halogens is 1. The van der Waals surface area contributed by atoms with Gasteiger partial charge in [-0.1, -0.05) is 17.3 Å². The van der Waals surface area contributed by atoms with Crippen molar-refractivity contribution in [3.05, 3.63) is 40.5 Å². The lowest BCUT2D eigenvalue weighted by atomic mass is 10.2. The van der Waals surface area contributed by atoms with Gasteiger partial charge in [-0.25, -0.2) is 0 Å². The fourth-order valence-corrected chi connectivity index (χ4v) is 2.86. The number of aromatic nitrogens is 2. The highest BCUT2D eigenvalue weighted by atomic mass is 79.9. The van der Waals surface area contributed by atoms with Gasteiger partial charge in [0.2, 0.25) is 0 Å². The molecule has 2 aromatic rings. The molecular formula is C12H14BrN3O2S. The van der Waals surface area contributed by atoms with Gasteiger partial charge in [0.1, 0.15) is 6.10 Å². The number of nitrogens with two attached hydrogens (primary N) is 1. The summed E-state index contributed by atoms with van der Waals surface area (Å²) in [5, 5.41) is 13.5. The van der Waals surface area contributed by atoms with Crippen LogP contribution in [0.25, 0.3) is 0 Å². The lowest BCUT2D eigenvalue weighted by Crippen LogP contribution is -2.06. The highest BCUT2D eigenvalue weighted by molar-refractivity contribution is 9.10. The molecule has 0 aliphatic rings. The third-order valence-corrected chi connectivity index (χ3v) is 4.43. The molecule has 0 saturated heterocycles. The molecule has 7 heteroatoms. The molecule has 1 aromatic carbocycles. The number of nitrogens with zero attached hydrogens (tertiary/aromatic N) is 2. The van der Waals surface area contributed by atoms with E-state index < -0.39 is 6.10 Å². The summed E-state index contributed by atoms with van der Waals surface area (Å²) >= 11 is 5.08. The van der Waals surface area contributed by atoms with Gasteiger partial charge in [-0.2, -0.15) is 4.98 Å². The molecule has 0 radical (unpaired) electrons. The largest absolute Gasteiger partial charge is 0.383 e. The minimum absolute atomic E-state index is 0.230. The number of rotatable bonds is 6. The number of aliphatic hydroxyl groups is 1. The number of hydrogen-bond acceptors (Lipinski definition) is 6. The SMILES string of the molecule is NCCC(O)c1nc(CSc2ccccc2Br)no1. The Labute approximate surface area is 123 Å². The third-order valence-electron chi connectivity index (χ3n) is 2.40. The molecular weight excluding hydrogens is 330 g/mol. The zero-order valence-electron chi connectivity index (χ0n) is 10.1. The van der Waals surface area contributed by atoms with Crippen molar-refractivity contribution in [1.82, 2.24) is 10.1 Å². The molecule has 19 heavy (non-hydrogen) atoms. The van der Waals surface area contributed by atoms with Crippen molar-refractivity contribution < 1.29 is 9.63 Å². The molecule has 2 rings (SSSR count). The van der Waals surface area contributed by atoms with Gasteiger partial charge >= 0.3 is 0 Å². The first-order valence-electron chi connectivity index (χ1n) is 5.78. The standard InChI is InChI=1S/C12H14BrN3O2S/c13-8-3-1-2-4-10(8)19-7-11-15-12(18-16-11)9(17)5-6-14/h1-4,9,17H,5-7,14H2. The van der Waals surface area contributed by atoms with E-state index in [1.807, 2.05) is 24.3 Å². The molecule has 0 aliphatic carbocycles. The second-order valence-corrected chi connectivity index (χ2v) is 5.73. The van der Waals surface area contributed by atoms with Crippen LogP contribution >= 0.6 is 27.7 Å². The van der Waals surface area contributed by atoms with E-state index in [2.05, 4.69) is 26.1 Å². The number of benzene rings is 1. The summed E-state index contributed by atoms with van der Waals surface area (Å²) in [7, 11) is 0. The van der Waals surface area contributed by atoms with E-state index in [1.54, 1.807) is 11.8 Å². The number of thioether (sulfide) groups is 1. The van der Waals surface area contributed by atoms with Crippen LogP contribution in [-0.2, 0) is 5.75 Å². The maximum atomic E-state index is 9.67. The molecule has 3 N–H and O–H groups in total. The number of aliphatic hydroxyl groups excluding tert-OH is 1. The van der Waals surface area contributed by atoms with Gasteiger partial charge in [-0.05, 0) is 41.0 Å². The summed E-state index contributed by atoms with van der Waals surface area (Å²) in [4.78, 5) is 5.26. The highest BCUT2D eigenvalue weighted by Crippen LogP contribution is 2.29. The van der Waals surface area contributed by atoms with E-state index in [-0.39, 0.29) is 5.89 Å². The van der Waals surface area contributed by atoms with Crippen LogP contribution in [0, 0.1) is 0 Å². The first-order valence-corrected chi connectivity index (χ1v) is 7.56. The van der Waals surface area contributed by atoms with Crippen LogP contribution in [0.5, 0.6) is 0 Å². The van der Waals surface area contributed by atoms with Crippen LogP contribution in [0.1, 0.15) is 24.2 Å². The fourth-order valence-electron chi connectivity index (χ4n) is 1.45. The van der Waals surface area contributed by atoms with Crippen molar-refractivity contribution in [3.8, 4) is 0 Å². The van der Waals surface area contributed by atoms with E-state index in [4.69, 9.17) is 10.3 Å². The minimum atomic E-state index is -0.778. The maximum Gasteiger partial charge on any atom is 0.255 e. The van der Waals surface area contributed by atoms with Gasteiger partial charge in [0.15, 0.2) is 5.82 Å². The monoisotopic (exact) mass is 343 g/mol. The quantitative estimate of drug-likeness (QED) is 0.784. The zero-order chi connectivity index (χ0) is 13.7. The molecule has 0 fully saturated rings. The van der Waals surface area contributed by atoms with Gasteiger partial charge in [0.25, 0.3) is 5.89 Å². The van der Waals surface area contributed by atoms with E-state index in [9.17, 15) is 5.11 Å². The van der Waals surface area contributed by atoms with Gasteiger partial charge in [-0.15, -0.1) is 11.8 Å². The van der Waals surface area contributed by atoms with E-state index in [0.717, 1.165) is 9.37 Å². The minimum Gasteiger partial charge on any atom is -0.383 e. The Kier molecular flexibility index (Phi) is 5.38. The van der Waals surface area contributed by atoms with Gasteiger partial charge in [0.05, 0.1) is 5.75 Å². The van der Waals surface area contributed by atoms with E-state index >= 15 is 0 Å². The average molecular weight is 344 g/mol. The van der Waals surface area contributed by atoms with Crippen molar-refractivity contribution >= 4 is 27.7 Å². The van der Waals surface area contributed by atoms with Crippen LogP contribution in [0.4, 0.5) is 0 Å². The Morgan fingerprint density at radius 2 is 2.21 bits per heavy atom. The lowest BCUT2D eigenvalue weighted by Gasteiger charge is -2.01. The summed E-state index contributed by atoms with van der Waals surface area (Å²) in [5.41, 5.74) is 5.37. The Morgan fingerprint density at radius 1 is 1.42 bits per heavy atom. The molecule has 1 aromatic heterocycles. The summed E-state index contributed by atoms with van der Waals surface area (Å²) in [6.45, 7) is 0.380. The summed E-state index contributed by atoms with van der Waals surface area (Å²) in [6.07, 6.45) is -0.362. The zero-order valence-corrected chi connectivity index (χ0v) is 12.5. The Balaban J connectivity index is 1.95. The summed E-state index contributed by atoms with van der Waals surface area (Å²) in [6, 6.07) is 7.93. The Morgan fingerprint density at radius 3 is 2.95 bits per heavy atom.